The molecule has 3 aliphatic rings. The van der Waals surface area contributed by atoms with Crippen LogP contribution >= 0.6 is 0 Å². The zero-order valence-corrected chi connectivity index (χ0v) is 16.0. The van der Waals surface area contributed by atoms with Crippen molar-refractivity contribution in [2.45, 2.75) is 64.5 Å². The Balaban J connectivity index is 1.59. The second-order valence-corrected chi connectivity index (χ2v) is 8.84. The Morgan fingerprint density at radius 3 is 2.24 bits per heavy atom. The normalized spacial score (nSPS) is 29.2. The molecule has 25 heavy (non-hydrogen) atoms. The molecule has 6 nitrogen and oxygen atoms in total. The van der Waals surface area contributed by atoms with E-state index < -0.39 is 11.6 Å². The lowest BCUT2D eigenvalue weighted by atomic mass is 9.67. The number of aliphatic hydroxyl groups is 1. The van der Waals surface area contributed by atoms with Crippen LogP contribution in [-0.2, 0) is 9.59 Å². The van der Waals surface area contributed by atoms with Gasteiger partial charge in [-0.05, 0) is 64.5 Å². The van der Waals surface area contributed by atoms with Gasteiger partial charge in [0.25, 0.3) is 0 Å². The quantitative estimate of drug-likeness (QED) is 0.809. The van der Waals surface area contributed by atoms with Gasteiger partial charge in [-0.1, -0.05) is 0 Å². The van der Waals surface area contributed by atoms with Crippen molar-refractivity contribution in [1.29, 1.82) is 0 Å². The maximum atomic E-state index is 12.4. The minimum atomic E-state index is -0.500. The van der Waals surface area contributed by atoms with Crippen molar-refractivity contribution < 1.29 is 14.7 Å². The number of nitrogens with zero attached hydrogens (tertiary/aromatic N) is 3. The predicted molar refractivity (Wildman–Crippen MR) is 96.0 cm³/mol. The van der Waals surface area contributed by atoms with E-state index in [1.807, 2.05) is 23.6 Å². The summed E-state index contributed by atoms with van der Waals surface area (Å²) in [6.07, 6.45) is 4.39. The SMILES string of the molecule is CC(=O)N1CC2(CCN(CC(=O)N3CCCC3)CC2)CC(O)C1(C)C. The van der Waals surface area contributed by atoms with Gasteiger partial charge in [-0.25, -0.2) is 0 Å². The number of piperidine rings is 2. The van der Waals surface area contributed by atoms with Crippen LogP contribution in [-0.4, -0.2) is 82.5 Å². The van der Waals surface area contributed by atoms with Gasteiger partial charge < -0.3 is 14.9 Å². The van der Waals surface area contributed by atoms with E-state index >= 15 is 0 Å². The average molecular weight is 351 g/mol. The largest absolute Gasteiger partial charge is 0.391 e. The molecule has 6 heteroatoms. The van der Waals surface area contributed by atoms with Gasteiger partial charge in [0, 0.05) is 26.6 Å². The van der Waals surface area contributed by atoms with Crippen molar-refractivity contribution in [1.82, 2.24) is 14.7 Å². The highest BCUT2D eigenvalue weighted by atomic mass is 16.3. The Labute approximate surface area is 151 Å². The van der Waals surface area contributed by atoms with Crippen molar-refractivity contribution in [2.75, 3.05) is 39.3 Å². The van der Waals surface area contributed by atoms with E-state index in [-0.39, 0.29) is 17.2 Å². The molecule has 1 unspecified atom stereocenters. The molecule has 3 fully saturated rings. The van der Waals surface area contributed by atoms with E-state index in [1.165, 1.54) is 0 Å². The van der Waals surface area contributed by atoms with Crippen LogP contribution in [0.3, 0.4) is 0 Å². The number of hydrogen-bond donors (Lipinski definition) is 1. The van der Waals surface area contributed by atoms with Gasteiger partial charge in [0.15, 0.2) is 0 Å². The fourth-order valence-corrected chi connectivity index (χ4v) is 4.77. The Morgan fingerprint density at radius 2 is 1.68 bits per heavy atom. The first-order valence-corrected chi connectivity index (χ1v) is 9.70. The molecule has 1 atom stereocenters. The first kappa shape index (κ1) is 18.6. The van der Waals surface area contributed by atoms with Crippen molar-refractivity contribution in [3.05, 3.63) is 0 Å². The number of likely N-dealkylation sites (tertiary alicyclic amines) is 3. The summed E-state index contributed by atoms with van der Waals surface area (Å²) >= 11 is 0. The molecule has 0 aromatic heterocycles. The van der Waals surface area contributed by atoms with Crippen LogP contribution in [0.25, 0.3) is 0 Å². The van der Waals surface area contributed by atoms with Crippen LogP contribution in [0.4, 0.5) is 0 Å². The molecule has 3 rings (SSSR count). The summed E-state index contributed by atoms with van der Waals surface area (Å²) in [5, 5.41) is 10.7. The topological polar surface area (TPSA) is 64.1 Å². The maximum Gasteiger partial charge on any atom is 0.236 e. The van der Waals surface area contributed by atoms with Crippen LogP contribution in [0.15, 0.2) is 0 Å². The molecular formula is C19H33N3O3. The minimum absolute atomic E-state index is 0.00615. The van der Waals surface area contributed by atoms with E-state index in [9.17, 15) is 14.7 Å². The summed E-state index contributed by atoms with van der Waals surface area (Å²) in [5.74, 6) is 0.290. The standard InChI is InChI=1S/C19H33N3O3/c1-15(23)22-14-19(12-16(24)18(22,2)3)6-10-20(11-7-19)13-17(25)21-8-4-5-9-21/h16,24H,4-14H2,1-3H3. The molecule has 2 amide bonds. The highest BCUT2D eigenvalue weighted by molar-refractivity contribution is 5.78. The van der Waals surface area contributed by atoms with Gasteiger partial charge >= 0.3 is 0 Å². The highest BCUT2D eigenvalue weighted by Gasteiger charge is 2.50. The molecule has 1 spiro atoms. The number of carbonyl (C=O) groups excluding carboxylic acids is 2. The lowest BCUT2D eigenvalue weighted by Crippen LogP contribution is -2.64. The van der Waals surface area contributed by atoms with E-state index in [2.05, 4.69) is 4.90 Å². The lowest BCUT2D eigenvalue weighted by Gasteiger charge is -2.55. The third kappa shape index (κ3) is 3.70. The first-order chi connectivity index (χ1) is 11.7. The van der Waals surface area contributed by atoms with E-state index in [0.29, 0.717) is 6.54 Å². The fourth-order valence-electron chi connectivity index (χ4n) is 4.77. The maximum absolute atomic E-state index is 12.4. The van der Waals surface area contributed by atoms with Crippen molar-refractivity contribution in [3.63, 3.8) is 0 Å². The van der Waals surface area contributed by atoms with Crippen LogP contribution in [0.5, 0.6) is 0 Å². The molecule has 0 saturated carbocycles. The van der Waals surface area contributed by atoms with Gasteiger partial charge in [-0.3, -0.25) is 14.5 Å². The van der Waals surface area contributed by atoms with E-state index in [1.54, 1.807) is 6.92 Å². The Kier molecular flexibility index (Phi) is 5.13. The van der Waals surface area contributed by atoms with Crippen molar-refractivity contribution in [2.24, 2.45) is 5.41 Å². The Hall–Kier alpha value is -1.14. The first-order valence-electron chi connectivity index (χ1n) is 9.70. The van der Waals surface area contributed by atoms with Crippen LogP contribution in [0.1, 0.15) is 52.9 Å². The van der Waals surface area contributed by atoms with Crippen LogP contribution < -0.4 is 0 Å². The summed E-state index contributed by atoms with van der Waals surface area (Å²) < 4.78 is 0. The molecule has 0 aromatic carbocycles. The molecule has 0 aromatic rings. The van der Waals surface area contributed by atoms with E-state index in [0.717, 1.165) is 64.8 Å². The molecule has 3 heterocycles. The monoisotopic (exact) mass is 351 g/mol. The number of aliphatic hydroxyl groups excluding tert-OH is 1. The second kappa shape index (κ2) is 6.88. The molecule has 3 aliphatic heterocycles. The van der Waals surface area contributed by atoms with Gasteiger partial charge in [-0.15, -0.1) is 0 Å². The summed E-state index contributed by atoms with van der Waals surface area (Å²) in [7, 11) is 0. The zero-order chi connectivity index (χ0) is 18.2. The number of rotatable bonds is 2. The van der Waals surface area contributed by atoms with Gasteiger partial charge in [0.05, 0.1) is 18.2 Å². The van der Waals surface area contributed by atoms with Crippen molar-refractivity contribution >= 4 is 11.8 Å². The van der Waals surface area contributed by atoms with Gasteiger partial charge in [0.2, 0.25) is 11.8 Å². The lowest BCUT2D eigenvalue weighted by molar-refractivity contribution is -0.157. The zero-order valence-electron chi connectivity index (χ0n) is 16.0. The molecule has 0 bridgehead atoms. The summed E-state index contributed by atoms with van der Waals surface area (Å²) in [4.78, 5) is 30.5. The average Bonchev–Trinajstić information content (AvgIpc) is 3.08. The molecular weight excluding hydrogens is 318 g/mol. The Morgan fingerprint density at radius 1 is 1.08 bits per heavy atom. The third-order valence-corrected chi connectivity index (χ3v) is 6.75. The number of carbonyl (C=O) groups is 2. The molecule has 142 valence electrons. The number of amides is 2. The molecule has 0 aliphatic carbocycles. The summed E-state index contributed by atoms with van der Waals surface area (Å²) in [6.45, 7) is 10.3. The molecule has 0 radical (unpaired) electrons. The second-order valence-electron chi connectivity index (χ2n) is 8.84. The Bertz CT molecular complexity index is 520. The van der Waals surface area contributed by atoms with Gasteiger partial charge in [0.1, 0.15) is 0 Å². The third-order valence-electron chi connectivity index (χ3n) is 6.75. The summed E-state index contributed by atoms with van der Waals surface area (Å²) in [5.41, 5.74) is -0.506. The summed E-state index contributed by atoms with van der Waals surface area (Å²) in [6, 6.07) is 0. The highest BCUT2D eigenvalue weighted by Crippen LogP contribution is 2.45. The fraction of sp³-hybridized carbons (Fsp3) is 0.895. The smallest absolute Gasteiger partial charge is 0.236 e. The van der Waals surface area contributed by atoms with Crippen LogP contribution in [0, 0.1) is 5.41 Å². The van der Waals surface area contributed by atoms with E-state index in [4.69, 9.17) is 0 Å². The van der Waals surface area contributed by atoms with Crippen molar-refractivity contribution in [3.8, 4) is 0 Å². The predicted octanol–water partition coefficient (Wildman–Crippen LogP) is 1.08. The van der Waals surface area contributed by atoms with Gasteiger partial charge in [-0.2, -0.15) is 0 Å². The van der Waals surface area contributed by atoms with Crippen LogP contribution in [0.2, 0.25) is 0 Å². The minimum Gasteiger partial charge on any atom is -0.391 e. The molecule has 1 N–H and O–H groups in total. The number of hydrogen-bond acceptors (Lipinski definition) is 4. The molecule has 3 saturated heterocycles.